The minimum Gasteiger partial charge on any atom is -0.497 e. The molecule has 32 heavy (non-hydrogen) atoms. The molecule has 3 aromatic heterocycles. The SMILES string of the molecule is COc1cccc(-n2c(=O)c3ccccc3n3c(SCC(=O)c4ccc(C)s4)nnc23)c1. The number of ether oxygens (including phenoxy) is 1. The predicted octanol–water partition coefficient (Wildman–Crippen LogP) is 4.39. The number of methoxy groups -OCH3 is 1. The molecule has 160 valence electrons. The van der Waals surface area contributed by atoms with E-state index in [1.54, 1.807) is 19.2 Å². The van der Waals surface area contributed by atoms with E-state index >= 15 is 0 Å². The van der Waals surface area contributed by atoms with E-state index in [0.29, 0.717) is 33.3 Å². The maximum Gasteiger partial charge on any atom is 0.267 e. The minimum absolute atomic E-state index is 0.0373. The summed E-state index contributed by atoms with van der Waals surface area (Å²) in [7, 11) is 1.58. The van der Waals surface area contributed by atoms with Crippen LogP contribution < -0.4 is 10.3 Å². The van der Waals surface area contributed by atoms with Gasteiger partial charge in [0.25, 0.3) is 5.56 Å². The first-order valence-corrected chi connectivity index (χ1v) is 11.6. The van der Waals surface area contributed by atoms with Gasteiger partial charge < -0.3 is 4.74 Å². The number of benzene rings is 2. The highest BCUT2D eigenvalue weighted by molar-refractivity contribution is 7.99. The van der Waals surface area contributed by atoms with Crippen LogP contribution in [0.5, 0.6) is 5.75 Å². The van der Waals surface area contributed by atoms with E-state index in [2.05, 4.69) is 10.2 Å². The van der Waals surface area contributed by atoms with Gasteiger partial charge in [-0.25, -0.2) is 4.57 Å². The highest BCUT2D eigenvalue weighted by atomic mass is 32.2. The zero-order valence-electron chi connectivity index (χ0n) is 17.3. The molecule has 0 unspecified atom stereocenters. The van der Waals surface area contributed by atoms with Crippen molar-refractivity contribution in [2.45, 2.75) is 12.1 Å². The van der Waals surface area contributed by atoms with Crippen LogP contribution in [0.4, 0.5) is 0 Å². The van der Waals surface area contributed by atoms with Crippen LogP contribution in [0.2, 0.25) is 0 Å². The number of para-hydroxylation sites is 1. The smallest absolute Gasteiger partial charge is 0.267 e. The molecule has 7 nitrogen and oxygen atoms in total. The summed E-state index contributed by atoms with van der Waals surface area (Å²) in [6.45, 7) is 1.98. The average Bonchev–Trinajstić information content (AvgIpc) is 3.44. The summed E-state index contributed by atoms with van der Waals surface area (Å²) in [5.41, 5.74) is 1.12. The molecule has 0 N–H and O–H groups in total. The number of rotatable bonds is 6. The van der Waals surface area contributed by atoms with Crippen molar-refractivity contribution in [3.8, 4) is 11.4 Å². The van der Waals surface area contributed by atoms with Crippen molar-refractivity contribution in [1.82, 2.24) is 19.2 Å². The lowest BCUT2D eigenvalue weighted by Gasteiger charge is -2.12. The van der Waals surface area contributed by atoms with Crippen LogP contribution >= 0.6 is 23.1 Å². The molecule has 0 saturated heterocycles. The number of ketones is 1. The highest BCUT2D eigenvalue weighted by Gasteiger charge is 2.19. The van der Waals surface area contributed by atoms with Crippen LogP contribution in [0, 0.1) is 6.92 Å². The third-order valence-corrected chi connectivity index (χ3v) is 7.02. The molecular weight excluding hydrogens is 444 g/mol. The Hall–Kier alpha value is -3.43. The van der Waals surface area contributed by atoms with Gasteiger partial charge in [-0.3, -0.25) is 14.0 Å². The number of nitrogens with zero attached hydrogens (tertiary/aromatic N) is 4. The lowest BCUT2D eigenvalue weighted by molar-refractivity contribution is 0.102. The number of aryl methyl sites for hydroxylation is 1. The van der Waals surface area contributed by atoms with Gasteiger partial charge in [0.1, 0.15) is 5.75 Å². The largest absolute Gasteiger partial charge is 0.497 e. The fraction of sp³-hybridized carbons (Fsp3) is 0.130. The first-order valence-electron chi connectivity index (χ1n) is 9.82. The van der Waals surface area contributed by atoms with E-state index in [0.717, 1.165) is 9.75 Å². The summed E-state index contributed by atoms with van der Waals surface area (Å²) >= 11 is 2.79. The van der Waals surface area contributed by atoms with E-state index in [9.17, 15) is 9.59 Å². The molecule has 0 fully saturated rings. The monoisotopic (exact) mass is 462 g/mol. The second kappa shape index (κ2) is 8.25. The molecule has 0 saturated carbocycles. The number of carbonyl (C=O) groups excluding carboxylic acids is 1. The second-order valence-electron chi connectivity index (χ2n) is 7.10. The number of fused-ring (bicyclic) bond motifs is 3. The van der Waals surface area contributed by atoms with Crippen LogP contribution in [0.25, 0.3) is 22.4 Å². The van der Waals surface area contributed by atoms with Crippen LogP contribution in [0.15, 0.2) is 70.6 Å². The van der Waals surface area contributed by atoms with Gasteiger partial charge >= 0.3 is 0 Å². The Balaban J connectivity index is 1.66. The van der Waals surface area contributed by atoms with Crippen LogP contribution in [0.1, 0.15) is 14.5 Å². The van der Waals surface area contributed by atoms with Crippen molar-refractivity contribution in [1.29, 1.82) is 0 Å². The summed E-state index contributed by atoms with van der Waals surface area (Å²) in [5.74, 6) is 1.28. The molecule has 5 aromatic rings. The van der Waals surface area contributed by atoms with E-state index in [-0.39, 0.29) is 17.1 Å². The van der Waals surface area contributed by atoms with E-state index in [4.69, 9.17) is 4.74 Å². The standard InChI is InChI=1S/C23H18N4O3S2/c1-14-10-11-20(32-14)19(28)13-31-23-25-24-22-26(15-6-5-7-16(12-15)30-2)21(29)17-8-3-4-9-18(17)27(22)23/h3-12H,13H2,1-2H3. The molecule has 0 radical (unpaired) electrons. The molecule has 5 rings (SSSR count). The maximum absolute atomic E-state index is 13.4. The topological polar surface area (TPSA) is 78.5 Å². The fourth-order valence-corrected chi connectivity index (χ4v) is 5.26. The van der Waals surface area contributed by atoms with Gasteiger partial charge in [-0.2, -0.15) is 0 Å². The third kappa shape index (κ3) is 3.49. The molecule has 0 aliphatic rings. The lowest BCUT2D eigenvalue weighted by Crippen LogP contribution is -2.21. The zero-order chi connectivity index (χ0) is 22.2. The highest BCUT2D eigenvalue weighted by Crippen LogP contribution is 2.26. The average molecular weight is 463 g/mol. The Morgan fingerprint density at radius 3 is 2.72 bits per heavy atom. The third-order valence-electron chi connectivity index (χ3n) is 5.05. The van der Waals surface area contributed by atoms with Crippen molar-refractivity contribution in [2.75, 3.05) is 12.9 Å². The summed E-state index contributed by atoms with van der Waals surface area (Å²) in [5, 5.41) is 9.73. The van der Waals surface area contributed by atoms with Gasteiger partial charge in [-0.1, -0.05) is 30.0 Å². The Morgan fingerprint density at radius 2 is 1.94 bits per heavy atom. The Labute approximate surface area is 191 Å². The number of hydrogen-bond donors (Lipinski definition) is 0. The first-order chi connectivity index (χ1) is 15.6. The second-order valence-corrected chi connectivity index (χ2v) is 9.33. The van der Waals surface area contributed by atoms with Crippen molar-refractivity contribution in [3.63, 3.8) is 0 Å². The number of thioether (sulfide) groups is 1. The maximum atomic E-state index is 13.4. The normalized spacial score (nSPS) is 11.3. The molecule has 2 aromatic carbocycles. The van der Waals surface area contributed by atoms with Crippen molar-refractivity contribution in [2.24, 2.45) is 0 Å². The number of thiophene rings is 1. The summed E-state index contributed by atoms with van der Waals surface area (Å²) < 4.78 is 8.68. The van der Waals surface area contributed by atoms with Crippen molar-refractivity contribution < 1.29 is 9.53 Å². The van der Waals surface area contributed by atoms with Crippen molar-refractivity contribution >= 4 is 45.6 Å². The number of aromatic nitrogens is 4. The summed E-state index contributed by atoms with van der Waals surface area (Å²) in [6, 6.07) is 18.4. The van der Waals surface area contributed by atoms with Gasteiger partial charge in [0.15, 0.2) is 10.9 Å². The van der Waals surface area contributed by atoms with Crippen molar-refractivity contribution in [3.05, 3.63) is 80.8 Å². The molecule has 0 atom stereocenters. The van der Waals surface area contributed by atoms with Gasteiger partial charge in [-0.05, 0) is 43.3 Å². The molecule has 0 bridgehead atoms. The van der Waals surface area contributed by atoms with E-state index in [1.807, 2.05) is 59.9 Å². The van der Waals surface area contributed by atoms with Crippen LogP contribution in [-0.4, -0.2) is 37.8 Å². The van der Waals surface area contributed by atoms with Gasteiger partial charge in [-0.15, -0.1) is 21.5 Å². The van der Waals surface area contributed by atoms with E-state index in [1.165, 1.54) is 27.7 Å². The van der Waals surface area contributed by atoms with Gasteiger partial charge in [0, 0.05) is 10.9 Å². The van der Waals surface area contributed by atoms with Crippen LogP contribution in [0.3, 0.4) is 0 Å². The Bertz CT molecular complexity index is 1530. The first kappa shape index (κ1) is 20.5. The number of hydrogen-bond acceptors (Lipinski definition) is 7. The Kier molecular flexibility index (Phi) is 5.28. The quantitative estimate of drug-likeness (QED) is 0.275. The summed E-state index contributed by atoms with van der Waals surface area (Å²) in [6.07, 6.45) is 0. The number of Topliss-reactive ketones (excluding diaryl/α,β-unsaturated/α-hetero) is 1. The zero-order valence-corrected chi connectivity index (χ0v) is 18.9. The Morgan fingerprint density at radius 1 is 1.09 bits per heavy atom. The number of carbonyl (C=O) groups is 1. The molecule has 0 amide bonds. The lowest BCUT2D eigenvalue weighted by atomic mass is 10.2. The van der Waals surface area contributed by atoms with E-state index < -0.39 is 0 Å². The molecule has 0 aliphatic carbocycles. The molecule has 3 heterocycles. The minimum atomic E-state index is -0.199. The fourth-order valence-electron chi connectivity index (χ4n) is 3.54. The molecule has 0 aliphatic heterocycles. The van der Waals surface area contributed by atoms with Gasteiger partial charge in [0.2, 0.25) is 5.78 Å². The molecule has 0 spiro atoms. The molecular formula is C23H18N4O3S2. The summed E-state index contributed by atoms with van der Waals surface area (Å²) in [4.78, 5) is 27.8. The molecule has 9 heteroatoms. The van der Waals surface area contributed by atoms with Crippen LogP contribution in [-0.2, 0) is 0 Å². The van der Waals surface area contributed by atoms with Gasteiger partial charge in [0.05, 0.1) is 34.3 Å². The predicted molar refractivity (Wildman–Crippen MR) is 127 cm³/mol.